The maximum atomic E-state index is 13.2. The Morgan fingerprint density at radius 2 is 1.90 bits per heavy atom. The average molecular weight is 281 g/mol. The Balaban J connectivity index is 2.42. The Labute approximate surface area is 120 Å². The van der Waals surface area contributed by atoms with E-state index in [1.165, 1.54) is 51.0 Å². The summed E-state index contributed by atoms with van der Waals surface area (Å²) in [4.78, 5) is 11.6. The van der Waals surface area contributed by atoms with Gasteiger partial charge in [-0.15, -0.1) is 0 Å². The van der Waals surface area contributed by atoms with E-state index in [1.54, 1.807) is 0 Å². The quantitative estimate of drug-likeness (QED) is 0.539. The van der Waals surface area contributed by atoms with Crippen molar-refractivity contribution in [3.8, 4) is 0 Å². The van der Waals surface area contributed by atoms with Crippen LogP contribution in [0.1, 0.15) is 55.8 Å². The fraction of sp³-hybridized carbons (Fsp3) is 0.562. The van der Waals surface area contributed by atoms with Crippen LogP contribution in [-0.4, -0.2) is 19.6 Å². The average Bonchev–Trinajstić information content (AvgIpc) is 2.45. The van der Waals surface area contributed by atoms with E-state index in [0.717, 1.165) is 19.4 Å². The number of methoxy groups -OCH3 is 1. The lowest BCUT2D eigenvalue weighted by Crippen LogP contribution is -2.09. The molecule has 0 heterocycles. The SMILES string of the molecule is CCCCCCCCNc1cc(F)ccc1C(=O)OC. The van der Waals surface area contributed by atoms with Gasteiger partial charge in [-0.2, -0.15) is 0 Å². The molecule has 0 aliphatic carbocycles. The molecule has 3 nitrogen and oxygen atoms in total. The summed E-state index contributed by atoms with van der Waals surface area (Å²) in [6, 6.07) is 4.05. The van der Waals surface area contributed by atoms with Crippen molar-refractivity contribution < 1.29 is 13.9 Å². The van der Waals surface area contributed by atoms with Gasteiger partial charge in [0, 0.05) is 6.54 Å². The van der Waals surface area contributed by atoms with E-state index in [1.807, 2.05) is 0 Å². The van der Waals surface area contributed by atoms with Crippen LogP contribution >= 0.6 is 0 Å². The van der Waals surface area contributed by atoms with Gasteiger partial charge in [-0.3, -0.25) is 0 Å². The largest absolute Gasteiger partial charge is 0.465 e. The van der Waals surface area contributed by atoms with Crippen molar-refractivity contribution in [2.45, 2.75) is 45.4 Å². The van der Waals surface area contributed by atoms with E-state index < -0.39 is 5.97 Å². The van der Waals surface area contributed by atoms with Crippen LogP contribution in [-0.2, 0) is 4.74 Å². The van der Waals surface area contributed by atoms with Crippen molar-refractivity contribution in [2.75, 3.05) is 19.0 Å². The molecule has 0 aliphatic heterocycles. The lowest BCUT2D eigenvalue weighted by atomic mass is 10.1. The molecule has 1 aromatic carbocycles. The molecule has 1 rings (SSSR count). The van der Waals surface area contributed by atoms with E-state index in [9.17, 15) is 9.18 Å². The molecule has 0 aliphatic rings. The van der Waals surface area contributed by atoms with Gasteiger partial charge >= 0.3 is 5.97 Å². The highest BCUT2D eigenvalue weighted by Gasteiger charge is 2.12. The summed E-state index contributed by atoms with van der Waals surface area (Å²) in [5, 5.41) is 3.12. The number of anilines is 1. The van der Waals surface area contributed by atoms with Crippen molar-refractivity contribution >= 4 is 11.7 Å². The number of rotatable bonds is 9. The number of nitrogens with one attached hydrogen (secondary N) is 1. The smallest absolute Gasteiger partial charge is 0.339 e. The first-order valence-electron chi connectivity index (χ1n) is 7.30. The minimum atomic E-state index is -0.449. The lowest BCUT2D eigenvalue weighted by Gasteiger charge is -2.10. The molecule has 0 amide bonds. The number of ether oxygens (including phenoxy) is 1. The zero-order valence-corrected chi connectivity index (χ0v) is 12.4. The van der Waals surface area contributed by atoms with E-state index in [-0.39, 0.29) is 5.82 Å². The Morgan fingerprint density at radius 1 is 1.20 bits per heavy atom. The molecular weight excluding hydrogens is 257 g/mol. The van der Waals surface area contributed by atoms with Gasteiger partial charge in [0.05, 0.1) is 18.4 Å². The first kappa shape index (κ1) is 16.5. The molecule has 0 saturated heterocycles. The lowest BCUT2D eigenvalue weighted by molar-refractivity contribution is 0.0602. The van der Waals surface area contributed by atoms with E-state index in [2.05, 4.69) is 17.0 Å². The molecule has 0 spiro atoms. The van der Waals surface area contributed by atoms with Crippen molar-refractivity contribution in [2.24, 2.45) is 0 Å². The van der Waals surface area contributed by atoms with Crippen molar-refractivity contribution in [3.63, 3.8) is 0 Å². The summed E-state index contributed by atoms with van der Waals surface area (Å²) in [5.41, 5.74) is 0.880. The molecule has 0 fully saturated rings. The van der Waals surface area contributed by atoms with Gasteiger partial charge in [0.2, 0.25) is 0 Å². The fourth-order valence-electron chi connectivity index (χ4n) is 2.08. The van der Waals surface area contributed by atoms with Crippen molar-refractivity contribution in [1.82, 2.24) is 0 Å². The summed E-state index contributed by atoms with van der Waals surface area (Å²) in [6.07, 6.45) is 7.18. The van der Waals surface area contributed by atoms with Gasteiger partial charge in [0.25, 0.3) is 0 Å². The predicted molar refractivity (Wildman–Crippen MR) is 79.6 cm³/mol. The standard InChI is InChI=1S/C16H24FNO2/c1-3-4-5-6-7-8-11-18-15-12-13(17)9-10-14(15)16(19)20-2/h9-10,12,18H,3-8,11H2,1-2H3. The molecule has 0 radical (unpaired) electrons. The summed E-state index contributed by atoms with van der Waals surface area (Å²) in [7, 11) is 1.32. The molecule has 20 heavy (non-hydrogen) atoms. The van der Waals surface area contributed by atoms with Crippen LogP contribution in [0.2, 0.25) is 0 Å². The molecule has 4 heteroatoms. The second-order valence-electron chi connectivity index (χ2n) is 4.88. The summed E-state index contributed by atoms with van der Waals surface area (Å²) < 4.78 is 17.9. The van der Waals surface area contributed by atoms with Crippen LogP contribution < -0.4 is 5.32 Å². The first-order chi connectivity index (χ1) is 9.69. The molecule has 1 aromatic rings. The molecule has 0 bridgehead atoms. The number of hydrogen-bond donors (Lipinski definition) is 1. The van der Waals surface area contributed by atoms with E-state index >= 15 is 0 Å². The summed E-state index contributed by atoms with van der Waals surface area (Å²) in [5.74, 6) is -0.807. The second kappa shape index (κ2) is 9.34. The van der Waals surface area contributed by atoms with E-state index in [4.69, 9.17) is 0 Å². The number of esters is 1. The third-order valence-corrected chi connectivity index (χ3v) is 3.23. The summed E-state index contributed by atoms with van der Waals surface area (Å²) in [6.45, 7) is 2.93. The Hall–Kier alpha value is -1.58. The van der Waals surface area contributed by atoms with Gasteiger partial charge in [-0.05, 0) is 24.6 Å². The van der Waals surface area contributed by atoms with Crippen LogP contribution in [0, 0.1) is 5.82 Å². The van der Waals surface area contributed by atoms with Gasteiger partial charge in [0.15, 0.2) is 0 Å². The van der Waals surface area contributed by atoms with Gasteiger partial charge < -0.3 is 10.1 Å². The second-order valence-corrected chi connectivity index (χ2v) is 4.88. The monoisotopic (exact) mass is 281 g/mol. The Bertz CT molecular complexity index is 421. The first-order valence-corrected chi connectivity index (χ1v) is 7.30. The molecule has 112 valence electrons. The zero-order valence-electron chi connectivity index (χ0n) is 12.4. The fourth-order valence-corrected chi connectivity index (χ4v) is 2.08. The van der Waals surface area contributed by atoms with Gasteiger partial charge in [-0.1, -0.05) is 39.0 Å². The normalized spacial score (nSPS) is 10.3. The molecule has 0 saturated carbocycles. The van der Waals surface area contributed by atoms with Crippen molar-refractivity contribution in [3.05, 3.63) is 29.6 Å². The van der Waals surface area contributed by atoms with Crippen LogP contribution in [0.3, 0.4) is 0 Å². The van der Waals surface area contributed by atoms with Crippen LogP contribution in [0.15, 0.2) is 18.2 Å². The zero-order chi connectivity index (χ0) is 14.8. The Morgan fingerprint density at radius 3 is 2.60 bits per heavy atom. The number of hydrogen-bond acceptors (Lipinski definition) is 3. The van der Waals surface area contributed by atoms with Gasteiger partial charge in [-0.25, -0.2) is 9.18 Å². The highest BCUT2D eigenvalue weighted by molar-refractivity contribution is 5.95. The minimum Gasteiger partial charge on any atom is -0.465 e. The van der Waals surface area contributed by atoms with Crippen LogP contribution in [0.5, 0.6) is 0 Å². The number of benzene rings is 1. The number of carbonyl (C=O) groups is 1. The maximum Gasteiger partial charge on any atom is 0.339 e. The number of carbonyl (C=O) groups excluding carboxylic acids is 1. The van der Waals surface area contributed by atoms with Gasteiger partial charge in [0.1, 0.15) is 5.82 Å². The molecule has 1 N–H and O–H groups in total. The number of halogens is 1. The Kier molecular flexibility index (Phi) is 7.70. The van der Waals surface area contributed by atoms with Crippen molar-refractivity contribution in [1.29, 1.82) is 0 Å². The van der Waals surface area contributed by atoms with Crippen LogP contribution in [0.4, 0.5) is 10.1 Å². The highest BCUT2D eigenvalue weighted by atomic mass is 19.1. The third kappa shape index (κ3) is 5.59. The minimum absolute atomic E-state index is 0.358. The molecule has 0 unspecified atom stereocenters. The summed E-state index contributed by atoms with van der Waals surface area (Å²) >= 11 is 0. The van der Waals surface area contributed by atoms with Crippen LogP contribution in [0.25, 0.3) is 0 Å². The highest BCUT2D eigenvalue weighted by Crippen LogP contribution is 2.18. The predicted octanol–water partition coefficient (Wildman–Crippen LogP) is 4.38. The molecule has 0 atom stereocenters. The third-order valence-electron chi connectivity index (χ3n) is 3.23. The molecular formula is C16H24FNO2. The maximum absolute atomic E-state index is 13.2. The number of unbranched alkanes of at least 4 members (excludes halogenated alkanes) is 5. The van der Waals surface area contributed by atoms with E-state index in [0.29, 0.717) is 11.3 Å². The molecule has 0 aromatic heterocycles. The topological polar surface area (TPSA) is 38.3 Å².